The summed E-state index contributed by atoms with van der Waals surface area (Å²) in [5.74, 6) is 0. The molecule has 1 N–H and O–H groups in total. The van der Waals surface area contributed by atoms with Gasteiger partial charge in [0.2, 0.25) is 0 Å². The normalized spacial score (nSPS) is 12.6. The smallest absolute Gasteiger partial charge is 0.136 e. The fourth-order valence-corrected chi connectivity index (χ4v) is 0.842. The lowest BCUT2D eigenvalue weighted by Gasteiger charge is -1.99. The van der Waals surface area contributed by atoms with E-state index in [0.29, 0.717) is 6.42 Å². The number of nitriles is 1. The average molecular weight is 131 g/mol. The number of nitrogens with zero attached hydrogens (tertiary/aromatic N) is 1. The van der Waals surface area contributed by atoms with Crippen molar-refractivity contribution >= 4 is 11.8 Å². The summed E-state index contributed by atoms with van der Waals surface area (Å²) in [7, 11) is 0. The van der Waals surface area contributed by atoms with Crippen LogP contribution in [0, 0.1) is 10.7 Å². The standard InChI is InChI=1S/C5H9NOS/c1-2-3-5(7)8-4-6/h5,7H,2-3H2,1H3. The van der Waals surface area contributed by atoms with Crippen LogP contribution in [0.4, 0.5) is 0 Å². The molecule has 0 aliphatic heterocycles. The summed E-state index contributed by atoms with van der Waals surface area (Å²) < 4.78 is 0. The number of hydrogen-bond acceptors (Lipinski definition) is 3. The van der Waals surface area contributed by atoms with Gasteiger partial charge in [-0.25, -0.2) is 0 Å². The summed E-state index contributed by atoms with van der Waals surface area (Å²) in [5, 5.41) is 18.6. The highest BCUT2D eigenvalue weighted by atomic mass is 32.2. The number of hydrogen-bond donors (Lipinski definition) is 1. The Morgan fingerprint density at radius 2 is 2.50 bits per heavy atom. The number of thiocyanates is 1. The minimum Gasteiger partial charge on any atom is -0.381 e. The van der Waals surface area contributed by atoms with E-state index in [1.54, 1.807) is 0 Å². The van der Waals surface area contributed by atoms with Crippen LogP contribution in [0.3, 0.4) is 0 Å². The van der Waals surface area contributed by atoms with Crippen molar-refractivity contribution in [2.75, 3.05) is 0 Å². The highest BCUT2D eigenvalue weighted by Crippen LogP contribution is 2.10. The summed E-state index contributed by atoms with van der Waals surface area (Å²) in [5.41, 5.74) is -0.481. The molecule has 1 unspecified atom stereocenters. The number of rotatable bonds is 3. The molecule has 0 amide bonds. The Bertz CT molecular complexity index is 88.9. The maximum atomic E-state index is 8.79. The van der Waals surface area contributed by atoms with Crippen LogP contribution < -0.4 is 0 Å². The van der Waals surface area contributed by atoms with Crippen molar-refractivity contribution in [1.82, 2.24) is 0 Å². The largest absolute Gasteiger partial charge is 0.381 e. The Morgan fingerprint density at radius 3 is 2.88 bits per heavy atom. The molecule has 46 valence electrons. The maximum Gasteiger partial charge on any atom is 0.136 e. The molecule has 0 radical (unpaired) electrons. The summed E-state index contributed by atoms with van der Waals surface area (Å²) in [6.07, 6.45) is 1.63. The fraction of sp³-hybridized carbons (Fsp3) is 0.800. The molecule has 0 rings (SSSR count). The van der Waals surface area contributed by atoms with Crippen LogP contribution in [0.5, 0.6) is 0 Å². The van der Waals surface area contributed by atoms with E-state index in [4.69, 9.17) is 10.4 Å². The van der Waals surface area contributed by atoms with Crippen molar-refractivity contribution in [3.05, 3.63) is 0 Å². The van der Waals surface area contributed by atoms with Crippen LogP contribution in [-0.4, -0.2) is 10.5 Å². The minimum atomic E-state index is -0.481. The first-order valence-electron chi connectivity index (χ1n) is 2.54. The Hall–Kier alpha value is -0.200. The van der Waals surface area contributed by atoms with E-state index in [1.165, 1.54) is 0 Å². The summed E-state index contributed by atoms with van der Waals surface area (Å²) in [6.45, 7) is 1.97. The second-order valence-corrected chi connectivity index (χ2v) is 2.41. The van der Waals surface area contributed by atoms with E-state index in [9.17, 15) is 0 Å². The van der Waals surface area contributed by atoms with Gasteiger partial charge in [-0.3, -0.25) is 0 Å². The van der Waals surface area contributed by atoms with Gasteiger partial charge < -0.3 is 5.11 Å². The van der Waals surface area contributed by atoms with E-state index < -0.39 is 5.44 Å². The Balaban J connectivity index is 3.08. The van der Waals surface area contributed by atoms with E-state index >= 15 is 0 Å². The molecule has 0 heterocycles. The quantitative estimate of drug-likeness (QED) is 0.464. The molecule has 8 heavy (non-hydrogen) atoms. The second-order valence-electron chi connectivity index (χ2n) is 1.45. The zero-order valence-electron chi connectivity index (χ0n) is 4.79. The molecule has 0 aromatic carbocycles. The first-order chi connectivity index (χ1) is 3.81. The van der Waals surface area contributed by atoms with Crippen molar-refractivity contribution in [1.29, 1.82) is 5.26 Å². The molecule has 3 heteroatoms. The van der Waals surface area contributed by atoms with E-state index in [2.05, 4.69) is 0 Å². The van der Waals surface area contributed by atoms with Crippen molar-refractivity contribution < 1.29 is 5.11 Å². The van der Waals surface area contributed by atoms with Gasteiger partial charge in [0, 0.05) is 0 Å². The van der Waals surface area contributed by atoms with Gasteiger partial charge in [0.15, 0.2) is 0 Å². The molecule has 2 nitrogen and oxygen atoms in total. The van der Waals surface area contributed by atoms with E-state index in [1.807, 2.05) is 12.3 Å². The van der Waals surface area contributed by atoms with Crippen LogP contribution in [0.25, 0.3) is 0 Å². The molecule has 0 fully saturated rings. The van der Waals surface area contributed by atoms with Crippen LogP contribution in [-0.2, 0) is 0 Å². The zero-order valence-corrected chi connectivity index (χ0v) is 5.61. The highest BCUT2D eigenvalue weighted by molar-refractivity contribution is 8.04. The van der Waals surface area contributed by atoms with Crippen molar-refractivity contribution in [3.63, 3.8) is 0 Å². The molecule has 0 spiro atoms. The van der Waals surface area contributed by atoms with Crippen molar-refractivity contribution in [2.45, 2.75) is 25.2 Å². The monoisotopic (exact) mass is 131 g/mol. The van der Waals surface area contributed by atoms with Gasteiger partial charge >= 0.3 is 0 Å². The number of aliphatic hydroxyl groups is 1. The zero-order chi connectivity index (χ0) is 6.41. The lowest BCUT2D eigenvalue weighted by atomic mass is 10.4. The van der Waals surface area contributed by atoms with Gasteiger partial charge in [0.05, 0.1) is 0 Å². The first-order valence-corrected chi connectivity index (χ1v) is 3.42. The van der Waals surface area contributed by atoms with Gasteiger partial charge in [0.25, 0.3) is 0 Å². The van der Waals surface area contributed by atoms with Crippen molar-refractivity contribution in [2.24, 2.45) is 0 Å². The highest BCUT2D eigenvalue weighted by Gasteiger charge is 1.99. The molecule has 0 aliphatic carbocycles. The topological polar surface area (TPSA) is 44.0 Å². The molecule has 0 aromatic heterocycles. The summed E-state index contributed by atoms with van der Waals surface area (Å²) in [4.78, 5) is 0. The Morgan fingerprint density at radius 1 is 1.88 bits per heavy atom. The Labute approximate surface area is 53.5 Å². The minimum absolute atomic E-state index is 0.481. The van der Waals surface area contributed by atoms with Gasteiger partial charge in [0.1, 0.15) is 10.8 Å². The SMILES string of the molecule is CCCC(O)SC#N. The predicted molar refractivity (Wildman–Crippen MR) is 34.1 cm³/mol. The van der Waals surface area contributed by atoms with Crippen LogP contribution >= 0.6 is 11.8 Å². The average Bonchev–Trinajstić information content (AvgIpc) is 1.68. The molecule has 0 aliphatic rings. The molecular formula is C5H9NOS. The van der Waals surface area contributed by atoms with Gasteiger partial charge in [-0.15, -0.1) is 0 Å². The summed E-state index contributed by atoms with van der Waals surface area (Å²) >= 11 is 0.917. The van der Waals surface area contributed by atoms with Gasteiger partial charge in [-0.05, 0) is 18.2 Å². The molecule has 1 atom stereocenters. The molecule has 0 saturated carbocycles. The third-order valence-corrected chi connectivity index (χ3v) is 1.34. The molecular weight excluding hydrogens is 122 g/mol. The van der Waals surface area contributed by atoms with Gasteiger partial charge in [-0.2, -0.15) is 5.26 Å². The van der Waals surface area contributed by atoms with Crippen LogP contribution in [0.1, 0.15) is 19.8 Å². The molecule has 0 aromatic rings. The third-order valence-electron chi connectivity index (χ3n) is 0.724. The van der Waals surface area contributed by atoms with Gasteiger partial charge in [-0.1, -0.05) is 13.3 Å². The van der Waals surface area contributed by atoms with Crippen LogP contribution in [0.2, 0.25) is 0 Å². The first kappa shape index (κ1) is 7.80. The maximum absolute atomic E-state index is 8.79. The molecule has 0 bridgehead atoms. The Kier molecular flexibility index (Phi) is 4.82. The summed E-state index contributed by atoms with van der Waals surface area (Å²) in [6, 6.07) is 0. The van der Waals surface area contributed by atoms with Crippen molar-refractivity contribution in [3.8, 4) is 5.40 Å². The fourth-order valence-electron chi connectivity index (χ4n) is 0.367. The van der Waals surface area contributed by atoms with E-state index in [-0.39, 0.29) is 0 Å². The molecule has 0 saturated heterocycles. The van der Waals surface area contributed by atoms with Crippen LogP contribution in [0.15, 0.2) is 0 Å². The third kappa shape index (κ3) is 3.97. The lowest BCUT2D eigenvalue weighted by Crippen LogP contribution is -1.96. The predicted octanol–water partition coefficient (Wildman–Crippen LogP) is 1.32. The number of thioether (sulfide) groups is 1. The number of aliphatic hydroxyl groups excluding tert-OH is 1. The second kappa shape index (κ2) is 4.95. The lowest BCUT2D eigenvalue weighted by molar-refractivity contribution is 0.252. The van der Waals surface area contributed by atoms with E-state index in [0.717, 1.165) is 18.2 Å².